The van der Waals surface area contributed by atoms with Crippen LogP contribution in [0.2, 0.25) is 0 Å². The van der Waals surface area contributed by atoms with Crippen LogP contribution in [0.15, 0.2) is 53.5 Å². The van der Waals surface area contributed by atoms with E-state index < -0.39 is 6.61 Å². The van der Waals surface area contributed by atoms with Gasteiger partial charge in [-0.1, -0.05) is 34.1 Å². The first-order valence-electron chi connectivity index (χ1n) is 6.96. The van der Waals surface area contributed by atoms with Crippen molar-refractivity contribution < 1.29 is 13.5 Å². The van der Waals surface area contributed by atoms with E-state index in [1.54, 1.807) is 18.2 Å². The van der Waals surface area contributed by atoms with Gasteiger partial charge in [0.25, 0.3) is 0 Å². The first-order valence-corrected chi connectivity index (χ1v) is 7.76. The van der Waals surface area contributed by atoms with Gasteiger partial charge in [0.05, 0.1) is 11.4 Å². The molecule has 0 aromatic heterocycles. The van der Waals surface area contributed by atoms with Gasteiger partial charge in [-0.15, -0.1) is 6.58 Å². The van der Waals surface area contributed by atoms with E-state index in [2.05, 4.69) is 32.6 Å². The summed E-state index contributed by atoms with van der Waals surface area (Å²) in [6.07, 6.45) is 2.28. The lowest BCUT2D eigenvalue weighted by Crippen LogP contribution is -2.10. The average Bonchev–Trinajstić information content (AvgIpc) is 2.49. The number of ether oxygens (including phenoxy) is 1. The summed E-state index contributed by atoms with van der Waals surface area (Å²) in [5.41, 5.74) is 8.75. The molecule has 0 bridgehead atoms. The van der Waals surface area contributed by atoms with Crippen molar-refractivity contribution >= 4 is 27.3 Å². The van der Waals surface area contributed by atoms with E-state index in [9.17, 15) is 8.78 Å². The van der Waals surface area contributed by atoms with Crippen LogP contribution in [0.25, 0.3) is 0 Å². The Bertz CT molecular complexity index is 692. The van der Waals surface area contributed by atoms with Crippen LogP contribution in [0.5, 0.6) is 5.75 Å². The van der Waals surface area contributed by atoms with Crippen LogP contribution in [0, 0.1) is 0 Å². The number of hydrogen-bond donors (Lipinski definition) is 2. The Kier molecular flexibility index (Phi) is 5.98. The second-order valence-corrected chi connectivity index (χ2v) is 5.77. The first kappa shape index (κ1) is 17.3. The molecule has 0 spiro atoms. The Morgan fingerprint density at radius 3 is 2.78 bits per heavy atom. The fourth-order valence-electron chi connectivity index (χ4n) is 2.23. The minimum Gasteiger partial charge on any atom is -0.434 e. The zero-order valence-electron chi connectivity index (χ0n) is 12.4. The number of allylic oxidation sites excluding steroid dienone is 1. The maximum Gasteiger partial charge on any atom is 0.387 e. The predicted molar refractivity (Wildman–Crippen MR) is 92.9 cm³/mol. The second-order valence-electron chi connectivity index (χ2n) is 4.85. The highest BCUT2D eigenvalue weighted by Crippen LogP contribution is 2.28. The number of alkyl halides is 2. The van der Waals surface area contributed by atoms with Crippen molar-refractivity contribution in [2.45, 2.75) is 19.6 Å². The highest BCUT2D eigenvalue weighted by Gasteiger charge is 2.13. The molecule has 6 heteroatoms. The van der Waals surface area contributed by atoms with Gasteiger partial charge in [-0.05, 0) is 36.2 Å². The molecule has 23 heavy (non-hydrogen) atoms. The van der Waals surface area contributed by atoms with Crippen molar-refractivity contribution in [1.82, 2.24) is 0 Å². The summed E-state index contributed by atoms with van der Waals surface area (Å²) in [6.45, 7) is 1.14. The first-order chi connectivity index (χ1) is 11.0. The Morgan fingerprint density at radius 1 is 1.30 bits per heavy atom. The molecule has 3 N–H and O–H groups in total. The highest BCUT2D eigenvalue weighted by atomic mass is 79.9. The number of benzene rings is 2. The number of hydrogen-bond acceptors (Lipinski definition) is 3. The minimum absolute atomic E-state index is 0.153. The third kappa shape index (κ3) is 4.69. The third-order valence-electron chi connectivity index (χ3n) is 3.28. The van der Waals surface area contributed by atoms with Crippen molar-refractivity contribution in [3.63, 3.8) is 0 Å². The van der Waals surface area contributed by atoms with Gasteiger partial charge in [-0.3, -0.25) is 0 Å². The van der Waals surface area contributed by atoms with E-state index in [0.717, 1.165) is 15.7 Å². The molecule has 0 heterocycles. The van der Waals surface area contributed by atoms with E-state index >= 15 is 0 Å². The van der Waals surface area contributed by atoms with Crippen molar-refractivity contribution in [2.24, 2.45) is 0 Å². The zero-order valence-corrected chi connectivity index (χ0v) is 13.9. The van der Waals surface area contributed by atoms with Gasteiger partial charge in [-0.25, -0.2) is 0 Å². The van der Waals surface area contributed by atoms with Crippen molar-refractivity contribution in [3.05, 3.63) is 64.7 Å². The molecule has 0 radical (unpaired) electrons. The Morgan fingerprint density at radius 2 is 2.09 bits per heavy atom. The number of anilines is 2. The molecule has 0 atom stereocenters. The molecule has 0 unspecified atom stereocenters. The Balaban J connectivity index is 2.29. The molecule has 3 nitrogen and oxygen atoms in total. The van der Waals surface area contributed by atoms with Crippen LogP contribution in [-0.4, -0.2) is 6.61 Å². The lowest BCUT2D eigenvalue weighted by Gasteiger charge is -2.16. The molecule has 0 saturated heterocycles. The van der Waals surface area contributed by atoms with Crippen LogP contribution in [0.3, 0.4) is 0 Å². The van der Waals surface area contributed by atoms with E-state index in [4.69, 9.17) is 5.73 Å². The lowest BCUT2D eigenvalue weighted by atomic mass is 10.0. The number of nitrogen functional groups attached to an aromatic ring is 1. The summed E-state index contributed by atoms with van der Waals surface area (Å²) in [7, 11) is 0. The van der Waals surface area contributed by atoms with Gasteiger partial charge in [0.2, 0.25) is 0 Å². The minimum atomic E-state index is -2.87. The van der Waals surface area contributed by atoms with E-state index in [0.29, 0.717) is 24.2 Å². The van der Waals surface area contributed by atoms with Crippen molar-refractivity contribution in [3.8, 4) is 5.75 Å². The quantitative estimate of drug-likeness (QED) is 0.524. The lowest BCUT2D eigenvalue weighted by molar-refractivity contribution is -0.0504. The summed E-state index contributed by atoms with van der Waals surface area (Å²) in [5, 5.41) is 3.17. The highest BCUT2D eigenvalue weighted by molar-refractivity contribution is 9.10. The molecular weight excluding hydrogens is 366 g/mol. The Hall–Kier alpha value is -2.08. The number of rotatable bonds is 7. The van der Waals surface area contributed by atoms with Gasteiger partial charge in [-0.2, -0.15) is 8.78 Å². The fourth-order valence-corrected chi connectivity index (χ4v) is 2.59. The molecule has 0 fully saturated rings. The van der Waals surface area contributed by atoms with Gasteiger partial charge in [0, 0.05) is 16.6 Å². The van der Waals surface area contributed by atoms with Gasteiger partial charge >= 0.3 is 6.61 Å². The van der Waals surface area contributed by atoms with Crippen molar-refractivity contribution in [2.75, 3.05) is 11.1 Å². The maximum absolute atomic E-state index is 12.6. The van der Waals surface area contributed by atoms with Crippen LogP contribution in [-0.2, 0) is 13.0 Å². The molecule has 2 aromatic rings. The number of nitrogens with two attached hydrogens (primary N) is 1. The Labute approximate surface area is 142 Å². The summed E-state index contributed by atoms with van der Waals surface area (Å²) < 4.78 is 30.7. The topological polar surface area (TPSA) is 47.3 Å². The molecule has 2 rings (SSSR count). The largest absolute Gasteiger partial charge is 0.434 e. The second kappa shape index (κ2) is 7.97. The zero-order chi connectivity index (χ0) is 16.8. The molecule has 0 aliphatic rings. The van der Waals surface area contributed by atoms with E-state index in [1.165, 1.54) is 6.07 Å². The molecule has 0 aliphatic heterocycles. The molecule has 122 valence electrons. The average molecular weight is 383 g/mol. The third-order valence-corrected chi connectivity index (χ3v) is 3.77. The van der Waals surface area contributed by atoms with Crippen LogP contribution in [0.4, 0.5) is 20.2 Å². The van der Waals surface area contributed by atoms with E-state index in [-0.39, 0.29) is 5.75 Å². The molecule has 0 amide bonds. The van der Waals surface area contributed by atoms with Crippen LogP contribution in [0.1, 0.15) is 11.1 Å². The SMILES string of the molecule is C=CCc1cccc(OC(F)F)c1CNc1cc(Br)ccc1N. The molecule has 0 saturated carbocycles. The summed E-state index contributed by atoms with van der Waals surface area (Å²) in [6, 6.07) is 10.5. The number of halogens is 3. The van der Waals surface area contributed by atoms with Crippen LogP contribution >= 0.6 is 15.9 Å². The standard InChI is InChI=1S/C17H17BrF2N2O/c1-2-4-11-5-3-6-16(23-17(19)20)13(11)10-22-15-9-12(18)7-8-14(15)21/h2-3,5-9,17,22H,1,4,10,21H2. The fraction of sp³-hybridized carbons (Fsp3) is 0.176. The molecular formula is C17H17BrF2N2O. The normalized spacial score (nSPS) is 10.6. The monoisotopic (exact) mass is 382 g/mol. The van der Waals surface area contributed by atoms with Gasteiger partial charge < -0.3 is 15.8 Å². The summed E-state index contributed by atoms with van der Waals surface area (Å²) >= 11 is 3.38. The summed E-state index contributed by atoms with van der Waals surface area (Å²) in [4.78, 5) is 0. The molecule has 2 aromatic carbocycles. The maximum atomic E-state index is 12.6. The number of nitrogens with one attached hydrogen (secondary N) is 1. The smallest absolute Gasteiger partial charge is 0.387 e. The van der Waals surface area contributed by atoms with Crippen LogP contribution < -0.4 is 15.8 Å². The van der Waals surface area contributed by atoms with Crippen molar-refractivity contribution in [1.29, 1.82) is 0 Å². The van der Waals surface area contributed by atoms with Gasteiger partial charge in [0.1, 0.15) is 5.75 Å². The predicted octanol–water partition coefficient (Wildman–Crippen LogP) is 4.97. The van der Waals surface area contributed by atoms with Gasteiger partial charge in [0.15, 0.2) is 0 Å². The molecule has 0 aliphatic carbocycles. The van der Waals surface area contributed by atoms with E-state index in [1.807, 2.05) is 18.2 Å². The summed E-state index contributed by atoms with van der Waals surface area (Å²) in [5.74, 6) is 0.153.